The summed E-state index contributed by atoms with van der Waals surface area (Å²) in [6, 6.07) is 13.6. The van der Waals surface area contributed by atoms with Crippen LogP contribution < -0.4 is 20.8 Å². The summed E-state index contributed by atoms with van der Waals surface area (Å²) in [5.74, 6) is -2.30. The van der Waals surface area contributed by atoms with Crippen LogP contribution in [0.25, 0.3) is 0 Å². The summed E-state index contributed by atoms with van der Waals surface area (Å²) in [4.78, 5) is 13.3. The fraction of sp³-hybridized carbons (Fsp3) is 0.529. The van der Waals surface area contributed by atoms with Crippen LogP contribution in [0.4, 0.5) is 43.4 Å². The third kappa shape index (κ3) is 7.44. The minimum absolute atomic E-state index is 0.0498. The maximum atomic E-state index is 14.0. The molecule has 2 aromatic carbocycles. The molecule has 0 radical (unpaired) electrons. The molecule has 0 saturated carbocycles. The van der Waals surface area contributed by atoms with Crippen molar-refractivity contribution in [1.29, 1.82) is 0 Å². The summed E-state index contributed by atoms with van der Waals surface area (Å²) in [5.41, 5.74) is -0.872. The summed E-state index contributed by atoms with van der Waals surface area (Å²) < 4.78 is 83.7. The zero-order valence-corrected chi connectivity index (χ0v) is 28.1. The lowest BCUT2D eigenvalue weighted by molar-refractivity contribution is -0.166. The van der Waals surface area contributed by atoms with Crippen LogP contribution in [0.15, 0.2) is 72.0 Å². The Labute approximate surface area is 268 Å². The van der Waals surface area contributed by atoms with Crippen molar-refractivity contribution in [3.8, 4) is 0 Å². The summed E-state index contributed by atoms with van der Waals surface area (Å²) in [7, 11) is 0. The van der Waals surface area contributed by atoms with Gasteiger partial charge in [0.25, 0.3) is 6.85 Å². The van der Waals surface area contributed by atoms with Gasteiger partial charge in [-0.05, 0) is 102 Å². The number of nitrogens with zero attached hydrogens (tertiary/aromatic N) is 2. The highest BCUT2D eigenvalue weighted by molar-refractivity contribution is 6.69. The average molecular weight is 652 g/mol. The van der Waals surface area contributed by atoms with Crippen molar-refractivity contribution in [2.24, 2.45) is 11.3 Å². The van der Waals surface area contributed by atoms with Crippen molar-refractivity contribution in [2.75, 3.05) is 10.1 Å². The van der Waals surface area contributed by atoms with Gasteiger partial charge >= 0.3 is 12.4 Å². The van der Waals surface area contributed by atoms with Crippen molar-refractivity contribution in [2.45, 2.75) is 105 Å². The number of anilines is 3. The number of nitrogens with one attached hydrogen (secondary N) is 1. The zero-order valence-electron chi connectivity index (χ0n) is 28.1. The number of hydrogen-bond donors (Lipinski definition) is 1. The third-order valence-corrected chi connectivity index (χ3v) is 9.67. The predicted octanol–water partition coefficient (Wildman–Crippen LogP) is 9.26. The average Bonchev–Trinajstić information content (AvgIpc) is 3.14. The Morgan fingerprint density at radius 1 is 0.804 bits per heavy atom. The number of allylic oxidation sites excluding steroid dienone is 3. The Hall–Kier alpha value is -2.96. The maximum absolute atomic E-state index is 14.0. The van der Waals surface area contributed by atoms with E-state index >= 15 is 0 Å². The molecule has 12 heteroatoms. The molecule has 1 unspecified atom stereocenters. The van der Waals surface area contributed by atoms with Gasteiger partial charge in [0.05, 0.1) is 11.6 Å². The first-order valence-electron chi connectivity index (χ1n) is 15.3. The Kier molecular flexibility index (Phi) is 9.31. The second-order valence-electron chi connectivity index (χ2n) is 14.8. The van der Waals surface area contributed by atoms with Crippen LogP contribution in [0.1, 0.15) is 68.7 Å². The molecule has 0 spiro atoms. The van der Waals surface area contributed by atoms with E-state index in [1.54, 1.807) is 36.4 Å². The second-order valence-corrected chi connectivity index (χ2v) is 14.8. The lowest BCUT2D eigenvalue weighted by Gasteiger charge is -2.41. The van der Waals surface area contributed by atoms with Gasteiger partial charge in [-0.25, -0.2) is 9.68 Å². The zero-order chi connectivity index (χ0) is 34.7. The summed E-state index contributed by atoms with van der Waals surface area (Å²) >= 11 is 0. The number of benzene rings is 2. The molecule has 1 saturated heterocycles. The van der Waals surface area contributed by atoms with E-state index in [2.05, 4.69) is 39.8 Å². The molecule has 1 fully saturated rings. The van der Waals surface area contributed by atoms with Crippen LogP contribution in [-0.4, -0.2) is 35.9 Å². The van der Waals surface area contributed by atoms with Gasteiger partial charge in [0.15, 0.2) is 0 Å². The summed E-state index contributed by atoms with van der Waals surface area (Å²) in [6.07, 6.45) is -9.29. The molecule has 5 nitrogen and oxygen atoms in total. The van der Waals surface area contributed by atoms with Crippen molar-refractivity contribution in [3.05, 3.63) is 72.0 Å². The van der Waals surface area contributed by atoms with Gasteiger partial charge in [-0.3, -0.25) is 0 Å². The highest BCUT2D eigenvalue weighted by Gasteiger charge is 2.50. The number of alkyl halides is 6. The number of rotatable bonds is 7. The van der Waals surface area contributed by atoms with Gasteiger partial charge in [0.1, 0.15) is 11.2 Å². The molecule has 0 bridgehead atoms. The van der Waals surface area contributed by atoms with Crippen LogP contribution >= 0.6 is 0 Å². The molecule has 0 aromatic heterocycles. The normalized spacial score (nSPS) is 20.3. The number of halogens is 6. The Bertz CT molecular complexity index is 1440. The lowest BCUT2D eigenvalue weighted by atomic mass is 9.55. The van der Waals surface area contributed by atoms with E-state index < -0.39 is 41.5 Å². The van der Waals surface area contributed by atoms with E-state index in [0.717, 1.165) is 17.6 Å². The van der Waals surface area contributed by atoms with Crippen LogP contribution in [0.5, 0.6) is 0 Å². The Morgan fingerprint density at radius 3 is 1.72 bits per heavy atom. The fourth-order valence-corrected chi connectivity index (χ4v) is 5.02. The van der Waals surface area contributed by atoms with Gasteiger partial charge in [-0.15, -0.1) is 5.23 Å². The quantitative estimate of drug-likeness (QED) is 0.239. The molecule has 4 rings (SSSR count). The molecule has 1 atom stereocenters. The van der Waals surface area contributed by atoms with Gasteiger partial charge in [-0.1, -0.05) is 45.2 Å². The minimum atomic E-state index is -4.92. The first kappa shape index (κ1) is 35.9. The fourth-order valence-electron chi connectivity index (χ4n) is 5.02. The molecule has 1 aliphatic heterocycles. The highest BCUT2D eigenvalue weighted by atomic mass is 19.4. The first-order valence-corrected chi connectivity index (χ1v) is 15.3. The smallest absolute Gasteiger partial charge is 0.347 e. The van der Waals surface area contributed by atoms with Crippen molar-refractivity contribution < 1.29 is 36.0 Å². The van der Waals surface area contributed by atoms with Crippen LogP contribution in [0.2, 0.25) is 6.82 Å². The monoisotopic (exact) mass is 651 g/mol. The van der Waals surface area contributed by atoms with Crippen LogP contribution in [0, 0.1) is 11.3 Å². The third-order valence-electron chi connectivity index (χ3n) is 9.67. The Morgan fingerprint density at radius 2 is 1.28 bits per heavy atom. The molecule has 1 aliphatic carbocycles. The summed E-state index contributed by atoms with van der Waals surface area (Å²) in [5, 5.41) is 4.91. The molecule has 1 N–H and O–H groups in total. The minimum Gasteiger partial charge on any atom is -0.347 e. The number of hydrogen-bond acceptors (Lipinski definition) is 5. The standard InChI is InChI=1S/C34H44BF6N3O2/c1-29(2,3)30(4,5)42-35(10)24-11-13-25(14-12-24)43(28-20-22(33(36,37)38)19-23(21-28)34(39,40)41)26-15-17-27(18-16-26)44-45-31(6,7)32(8,9)46-44/h11-18,20-22,42H,19H2,1-10H3. The van der Waals surface area contributed by atoms with Crippen LogP contribution in [-0.2, 0) is 9.68 Å². The topological polar surface area (TPSA) is 37.0 Å². The molecule has 1 heterocycles. The van der Waals surface area contributed by atoms with Crippen molar-refractivity contribution in [1.82, 2.24) is 5.23 Å². The summed E-state index contributed by atoms with van der Waals surface area (Å²) in [6.45, 7) is 20.1. The largest absolute Gasteiger partial charge is 0.412 e. The van der Waals surface area contributed by atoms with E-state index in [4.69, 9.17) is 9.68 Å². The molecule has 252 valence electrons. The van der Waals surface area contributed by atoms with Gasteiger partial charge in [0.2, 0.25) is 0 Å². The van der Waals surface area contributed by atoms with Crippen molar-refractivity contribution in [3.63, 3.8) is 0 Å². The predicted molar refractivity (Wildman–Crippen MR) is 172 cm³/mol. The Balaban J connectivity index is 1.77. The van der Waals surface area contributed by atoms with E-state index in [0.29, 0.717) is 17.1 Å². The maximum Gasteiger partial charge on any atom is 0.412 e. The van der Waals surface area contributed by atoms with E-state index in [9.17, 15) is 26.3 Å². The van der Waals surface area contributed by atoms with E-state index in [1.807, 2.05) is 46.7 Å². The highest BCUT2D eigenvalue weighted by Crippen LogP contribution is 2.45. The lowest BCUT2D eigenvalue weighted by Crippen LogP contribution is -2.58. The SMILES string of the molecule is CB(NC(C)(C)C(C)(C)C)c1ccc(N(C2=CC(C(F)(F)F)CC(C(F)(F)F)=C2)c2ccc(N3OC(C)(C)C(C)(C)O3)cc2)cc1. The molecule has 0 amide bonds. The molecular formula is C34H44BF6N3O2. The van der Waals surface area contributed by atoms with Crippen LogP contribution in [0.3, 0.4) is 0 Å². The van der Waals surface area contributed by atoms with Gasteiger partial charge < -0.3 is 10.1 Å². The molecule has 2 aliphatic rings. The van der Waals surface area contributed by atoms with Gasteiger partial charge in [-0.2, -0.15) is 26.3 Å². The molecule has 46 heavy (non-hydrogen) atoms. The van der Waals surface area contributed by atoms with Gasteiger partial charge in [0, 0.05) is 28.2 Å². The second kappa shape index (κ2) is 11.9. The van der Waals surface area contributed by atoms with E-state index in [-0.39, 0.29) is 23.5 Å². The van der Waals surface area contributed by atoms with E-state index in [1.165, 1.54) is 10.1 Å². The molecular weight excluding hydrogens is 607 g/mol. The first-order chi connectivity index (χ1) is 20.8. The van der Waals surface area contributed by atoms with Crippen molar-refractivity contribution >= 4 is 29.4 Å². The molecule has 2 aromatic rings.